The summed E-state index contributed by atoms with van der Waals surface area (Å²) in [7, 11) is 0. The molecule has 0 N–H and O–H groups in total. The van der Waals surface area contributed by atoms with E-state index < -0.39 is 0 Å². The standard InChI is InChI=1S/C14H14ClN3S/c1-2-10-5-6-11(19-10)9-18-13(8-15)17-12-4-3-7-16-14(12)18/h3-7H,2,8-9H2,1H3. The lowest BCUT2D eigenvalue weighted by molar-refractivity contribution is 0.780. The number of fused-ring (bicyclic) bond motifs is 1. The lowest BCUT2D eigenvalue weighted by atomic mass is 10.3. The van der Waals surface area contributed by atoms with Crippen molar-refractivity contribution in [2.75, 3.05) is 0 Å². The van der Waals surface area contributed by atoms with Crippen LogP contribution in [0.4, 0.5) is 0 Å². The zero-order valence-corrected chi connectivity index (χ0v) is 12.2. The fourth-order valence-electron chi connectivity index (χ4n) is 2.13. The number of alkyl halides is 1. The summed E-state index contributed by atoms with van der Waals surface area (Å²) in [5.41, 5.74) is 1.81. The van der Waals surface area contributed by atoms with Gasteiger partial charge in [0.2, 0.25) is 0 Å². The molecule has 0 saturated heterocycles. The van der Waals surface area contributed by atoms with Gasteiger partial charge < -0.3 is 4.57 Å². The van der Waals surface area contributed by atoms with Crippen LogP contribution in [0.5, 0.6) is 0 Å². The van der Waals surface area contributed by atoms with E-state index in [4.69, 9.17) is 11.6 Å². The molecule has 0 atom stereocenters. The van der Waals surface area contributed by atoms with E-state index in [9.17, 15) is 0 Å². The Hall–Kier alpha value is -1.39. The number of hydrogen-bond acceptors (Lipinski definition) is 3. The van der Waals surface area contributed by atoms with Crippen molar-refractivity contribution in [2.24, 2.45) is 0 Å². The van der Waals surface area contributed by atoms with Crippen molar-refractivity contribution in [3.8, 4) is 0 Å². The summed E-state index contributed by atoms with van der Waals surface area (Å²) in [6.07, 6.45) is 2.88. The van der Waals surface area contributed by atoms with Crippen molar-refractivity contribution in [1.29, 1.82) is 0 Å². The number of pyridine rings is 1. The Kier molecular flexibility index (Phi) is 3.53. The van der Waals surface area contributed by atoms with Gasteiger partial charge in [-0.2, -0.15) is 0 Å². The fraction of sp³-hybridized carbons (Fsp3) is 0.286. The zero-order chi connectivity index (χ0) is 13.2. The number of aryl methyl sites for hydroxylation is 1. The summed E-state index contributed by atoms with van der Waals surface area (Å²) in [5, 5.41) is 0. The first-order chi connectivity index (χ1) is 9.31. The molecule has 0 aliphatic rings. The van der Waals surface area contributed by atoms with Crippen LogP contribution in [-0.4, -0.2) is 14.5 Å². The van der Waals surface area contributed by atoms with E-state index in [1.165, 1.54) is 9.75 Å². The molecule has 3 nitrogen and oxygen atoms in total. The molecule has 0 aromatic carbocycles. The van der Waals surface area contributed by atoms with E-state index in [1.54, 1.807) is 6.20 Å². The van der Waals surface area contributed by atoms with Gasteiger partial charge in [0.05, 0.1) is 12.4 Å². The Morgan fingerprint density at radius 2 is 2.11 bits per heavy atom. The van der Waals surface area contributed by atoms with E-state index in [1.807, 2.05) is 23.5 Å². The minimum Gasteiger partial charge on any atom is -0.306 e. The molecule has 0 fully saturated rings. The van der Waals surface area contributed by atoms with Crippen molar-refractivity contribution in [2.45, 2.75) is 25.8 Å². The first kappa shape index (κ1) is 12.6. The van der Waals surface area contributed by atoms with E-state index in [2.05, 4.69) is 33.6 Å². The summed E-state index contributed by atoms with van der Waals surface area (Å²) < 4.78 is 2.10. The minimum absolute atomic E-state index is 0.405. The highest BCUT2D eigenvalue weighted by molar-refractivity contribution is 7.11. The molecule has 3 aromatic heterocycles. The molecule has 0 radical (unpaired) electrons. The average molecular weight is 292 g/mol. The third kappa shape index (κ3) is 2.38. The number of nitrogens with zero attached hydrogens (tertiary/aromatic N) is 3. The van der Waals surface area contributed by atoms with Gasteiger partial charge in [0, 0.05) is 16.0 Å². The van der Waals surface area contributed by atoms with Crippen molar-refractivity contribution < 1.29 is 0 Å². The van der Waals surface area contributed by atoms with Crippen molar-refractivity contribution in [1.82, 2.24) is 14.5 Å². The number of halogens is 1. The van der Waals surface area contributed by atoms with E-state index in [0.717, 1.165) is 30.0 Å². The molecule has 0 spiro atoms. The monoisotopic (exact) mass is 291 g/mol. The molecule has 19 heavy (non-hydrogen) atoms. The summed E-state index contributed by atoms with van der Waals surface area (Å²) in [4.78, 5) is 11.7. The quantitative estimate of drug-likeness (QED) is 0.684. The molecule has 5 heteroatoms. The van der Waals surface area contributed by atoms with Crippen LogP contribution in [-0.2, 0) is 18.8 Å². The molecule has 0 aliphatic heterocycles. The molecule has 0 bridgehead atoms. The van der Waals surface area contributed by atoms with E-state index in [0.29, 0.717) is 5.88 Å². The summed E-state index contributed by atoms with van der Waals surface area (Å²) >= 11 is 7.83. The molecule has 3 heterocycles. The van der Waals surface area contributed by atoms with Crippen LogP contribution in [0.1, 0.15) is 22.5 Å². The van der Waals surface area contributed by atoms with Gasteiger partial charge in [0.25, 0.3) is 0 Å². The number of imidazole rings is 1. The van der Waals surface area contributed by atoms with E-state index in [-0.39, 0.29) is 0 Å². The number of hydrogen-bond donors (Lipinski definition) is 0. The topological polar surface area (TPSA) is 30.7 Å². The maximum atomic E-state index is 5.99. The minimum atomic E-state index is 0.405. The second kappa shape index (κ2) is 5.31. The van der Waals surface area contributed by atoms with Crippen molar-refractivity contribution in [3.63, 3.8) is 0 Å². The molecular formula is C14H14ClN3S. The molecule has 3 rings (SSSR count). The Morgan fingerprint density at radius 3 is 2.84 bits per heavy atom. The maximum Gasteiger partial charge on any atom is 0.160 e. The van der Waals surface area contributed by atoms with Crippen LogP contribution < -0.4 is 0 Å². The summed E-state index contributed by atoms with van der Waals surface area (Å²) in [6, 6.07) is 8.24. The molecule has 0 aliphatic carbocycles. The largest absolute Gasteiger partial charge is 0.306 e. The molecule has 0 amide bonds. The Balaban J connectivity index is 2.03. The van der Waals surface area contributed by atoms with Gasteiger partial charge in [-0.1, -0.05) is 6.92 Å². The second-order valence-electron chi connectivity index (χ2n) is 4.32. The molecule has 0 unspecified atom stereocenters. The predicted octanol–water partition coefficient (Wildman–Crippen LogP) is 3.84. The number of rotatable bonds is 4. The average Bonchev–Trinajstić information content (AvgIpc) is 3.04. The van der Waals surface area contributed by atoms with Gasteiger partial charge >= 0.3 is 0 Å². The van der Waals surface area contributed by atoms with Crippen molar-refractivity contribution in [3.05, 3.63) is 46.0 Å². The third-order valence-corrected chi connectivity index (χ3v) is 4.54. The molecule has 0 saturated carbocycles. The lowest BCUT2D eigenvalue weighted by Gasteiger charge is -2.04. The first-order valence-corrected chi connectivity index (χ1v) is 7.60. The van der Waals surface area contributed by atoms with E-state index >= 15 is 0 Å². The smallest absolute Gasteiger partial charge is 0.160 e. The van der Waals surface area contributed by atoms with Gasteiger partial charge in [-0.25, -0.2) is 9.97 Å². The second-order valence-corrected chi connectivity index (χ2v) is 5.84. The third-order valence-electron chi connectivity index (χ3n) is 3.08. The van der Waals surface area contributed by atoms with Crippen LogP contribution in [0, 0.1) is 0 Å². The molecule has 3 aromatic rings. The van der Waals surface area contributed by atoms with Crippen LogP contribution in [0.25, 0.3) is 11.2 Å². The van der Waals surface area contributed by atoms with Gasteiger partial charge in [0.1, 0.15) is 11.3 Å². The normalized spacial score (nSPS) is 11.3. The maximum absolute atomic E-state index is 5.99. The Labute approximate surface area is 120 Å². The predicted molar refractivity (Wildman–Crippen MR) is 79.9 cm³/mol. The number of thiophene rings is 1. The van der Waals surface area contributed by atoms with Gasteiger partial charge in [0.15, 0.2) is 5.65 Å². The van der Waals surface area contributed by atoms with Gasteiger partial charge in [-0.05, 0) is 30.7 Å². The highest BCUT2D eigenvalue weighted by Crippen LogP contribution is 2.22. The van der Waals surface area contributed by atoms with Gasteiger partial charge in [-0.15, -0.1) is 22.9 Å². The molecular weight excluding hydrogens is 278 g/mol. The zero-order valence-electron chi connectivity index (χ0n) is 10.6. The van der Waals surface area contributed by atoms with Crippen LogP contribution in [0.15, 0.2) is 30.5 Å². The Bertz CT molecular complexity index is 702. The lowest BCUT2D eigenvalue weighted by Crippen LogP contribution is -2.03. The summed E-state index contributed by atoms with van der Waals surface area (Å²) in [6.45, 7) is 2.97. The number of aromatic nitrogens is 3. The Morgan fingerprint density at radius 1 is 1.26 bits per heavy atom. The fourth-order valence-corrected chi connectivity index (χ4v) is 3.28. The SMILES string of the molecule is CCc1ccc(Cn2c(CCl)nc3cccnc32)s1. The first-order valence-electron chi connectivity index (χ1n) is 6.25. The summed E-state index contributed by atoms with van der Waals surface area (Å²) in [5.74, 6) is 1.28. The highest BCUT2D eigenvalue weighted by Gasteiger charge is 2.11. The highest BCUT2D eigenvalue weighted by atomic mass is 35.5. The van der Waals surface area contributed by atoms with Crippen LogP contribution in [0.3, 0.4) is 0 Å². The van der Waals surface area contributed by atoms with Crippen molar-refractivity contribution >= 4 is 34.1 Å². The van der Waals surface area contributed by atoms with Crippen LogP contribution >= 0.6 is 22.9 Å². The van der Waals surface area contributed by atoms with Gasteiger partial charge in [-0.3, -0.25) is 0 Å². The molecule has 98 valence electrons. The van der Waals surface area contributed by atoms with Crippen LogP contribution in [0.2, 0.25) is 0 Å².